The van der Waals surface area contributed by atoms with Crippen molar-refractivity contribution in [1.29, 1.82) is 0 Å². The lowest BCUT2D eigenvalue weighted by atomic mass is 10.1. The zero-order chi connectivity index (χ0) is 16.2. The summed E-state index contributed by atoms with van der Waals surface area (Å²) in [4.78, 5) is 4.49. The number of nitrogens with zero attached hydrogens (tertiary/aromatic N) is 3. The van der Waals surface area contributed by atoms with Gasteiger partial charge in [0, 0.05) is 16.6 Å². The van der Waals surface area contributed by atoms with Crippen molar-refractivity contribution in [3.63, 3.8) is 0 Å². The van der Waals surface area contributed by atoms with Crippen molar-refractivity contribution in [2.45, 2.75) is 19.9 Å². The number of benzene rings is 1. The number of para-hydroxylation sites is 1. The minimum Gasteiger partial charge on any atom is -0.496 e. The van der Waals surface area contributed by atoms with Crippen molar-refractivity contribution in [1.82, 2.24) is 15.2 Å². The van der Waals surface area contributed by atoms with Gasteiger partial charge in [-0.3, -0.25) is 0 Å². The summed E-state index contributed by atoms with van der Waals surface area (Å²) in [6, 6.07) is 11.7. The van der Waals surface area contributed by atoms with Crippen LogP contribution in [0.15, 0.2) is 41.8 Å². The number of aryl methyl sites for hydroxylation is 1. The maximum Gasteiger partial charge on any atom is 0.149 e. The molecule has 0 aliphatic heterocycles. The van der Waals surface area contributed by atoms with Crippen LogP contribution in [-0.2, 0) is 0 Å². The first-order chi connectivity index (χ1) is 11.2. The Morgan fingerprint density at radius 3 is 2.61 bits per heavy atom. The van der Waals surface area contributed by atoms with Crippen LogP contribution in [0.1, 0.15) is 23.7 Å². The summed E-state index contributed by atoms with van der Waals surface area (Å²) in [5.74, 6) is 1.51. The van der Waals surface area contributed by atoms with Gasteiger partial charge in [0.15, 0.2) is 0 Å². The molecule has 2 aromatic heterocycles. The molecular formula is C17H18N4OS. The number of nitrogens with one attached hydrogen (secondary N) is 1. The fourth-order valence-corrected chi connectivity index (χ4v) is 3.07. The summed E-state index contributed by atoms with van der Waals surface area (Å²) in [6.45, 7) is 4.06. The van der Waals surface area contributed by atoms with Gasteiger partial charge in [-0.2, -0.15) is 0 Å². The summed E-state index contributed by atoms with van der Waals surface area (Å²) in [7, 11) is 1.65. The smallest absolute Gasteiger partial charge is 0.149 e. The molecule has 118 valence electrons. The third-order valence-electron chi connectivity index (χ3n) is 3.42. The summed E-state index contributed by atoms with van der Waals surface area (Å²) in [5.41, 5.74) is 2.75. The van der Waals surface area contributed by atoms with Crippen molar-refractivity contribution in [3.05, 3.63) is 52.5 Å². The van der Waals surface area contributed by atoms with Gasteiger partial charge in [0.2, 0.25) is 0 Å². The quantitative estimate of drug-likeness (QED) is 0.765. The van der Waals surface area contributed by atoms with Crippen LogP contribution in [0.4, 0.5) is 5.82 Å². The molecule has 1 N–H and O–H groups in total. The largest absolute Gasteiger partial charge is 0.496 e. The predicted octanol–water partition coefficient (Wildman–Crippen LogP) is 4.09. The van der Waals surface area contributed by atoms with Crippen LogP contribution in [-0.4, -0.2) is 22.3 Å². The molecule has 1 aromatic carbocycles. The summed E-state index contributed by atoms with van der Waals surface area (Å²) >= 11 is 1.64. The minimum absolute atomic E-state index is 0.0973. The Hall–Kier alpha value is -2.47. The number of ether oxygens (including phenoxy) is 1. The van der Waals surface area contributed by atoms with E-state index in [1.165, 1.54) is 0 Å². The first kappa shape index (κ1) is 15.4. The average Bonchev–Trinajstić information content (AvgIpc) is 3.02. The van der Waals surface area contributed by atoms with Gasteiger partial charge in [-0.05, 0) is 38.1 Å². The molecule has 3 rings (SSSR count). The first-order valence-corrected chi connectivity index (χ1v) is 8.21. The van der Waals surface area contributed by atoms with Crippen LogP contribution in [0.25, 0.3) is 11.3 Å². The second-order valence-electron chi connectivity index (χ2n) is 5.20. The van der Waals surface area contributed by atoms with E-state index in [1.54, 1.807) is 18.4 Å². The topological polar surface area (TPSA) is 59.9 Å². The molecule has 0 bridgehead atoms. The number of aromatic nitrogens is 3. The maximum absolute atomic E-state index is 5.36. The van der Waals surface area contributed by atoms with Gasteiger partial charge in [0.05, 0.1) is 18.8 Å². The molecule has 0 aliphatic rings. The third-order valence-corrected chi connectivity index (χ3v) is 4.56. The van der Waals surface area contributed by atoms with E-state index in [0.717, 1.165) is 33.5 Å². The van der Waals surface area contributed by atoms with Crippen molar-refractivity contribution >= 4 is 17.2 Å². The number of hydrogen-bond acceptors (Lipinski definition) is 6. The third kappa shape index (κ3) is 3.48. The molecular weight excluding hydrogens is 308 g/mol. The van der Waals surface area contributed by atoms with E-state index in [4.69, 9.17) is 4.74 Å². The molecule has 2 heterocycles. The standard InChI is InChI=1S/C17H18N4OS/c1-11-10-23-17(18-11)12(2)19-16-9-8-14(20-21-16)13-6-4-5-7-15(13)22-3/h4-10,12H,1-3H3,(H,19,21)/t12-/m1/s1. The molecule has 23 heavy (non-hydrogen) atoms. The highest BCUT2D eigenvalue weighted by Crippen LogP contribution is 2.28. The predicted molar refractivity (Wildman–Crippen MR) is 92.9 cm³/mol. The number of thiazole rings is 1. The minimum atomic E-state index is 0.0973. The molecule has 0 spiro atoms. The van der Waals surface area contributed by atoms with Crippen LogP contribution >= 0.6 is 11.3 Å². The monoisotopic (exact) mass is 326 g/mol. The van der Waals surface area contributed by atoms with Crippen LogP contribution in [0.2, 0.25) is 0 Å². The molecule has 6 heteroatoms. The first-order valence-electron chi connectivity index (χ1n) is 7.33. The number of rotatable bonds is 5. The van der Waals surface area contributed by atoms with Crippen LogP contribution in [0, 0.1) is 6.92 Å². The summed E-state index contributed by atoms with van der Waals surface area (Å²) < 4.78 is 5.36. The van der Waals surface area contributed by atoms with Gasteiger partial charge in [0.25, 0.3) is 0 Å². The van der Waals surface area contributed by atoms with E-state index in [2.05, 4.69) is 27.4 Å². The maximum atomic E-state index is 5.36. The number of hydrogen-bond donors (Lipinski definition) is 1. The van der Waals surface area contributed by atoms with Crippen LogP contribution < -0.4 is 10.1 Å². The molecule has 0 amide bonds. The Kier molecular flexibility index (Phi) is 4.52. The zero-order valence-corrected chi connectivity index (χ0v) is 14.1. The van der Waals surface area contributed by atoms with E-state index in [0.29, 0.717) is 0 Å². The number of anilines is 1. The molecule has 0 saturated heterocycles. The molecule has 0 aliphatic carbocycles. The van der Waals surface area contributed by atoms with Gasteiger partial charge in [-0.25, -0.2) is 4.98 Å². The van der Waals surface area contributed by atoms with Crippen LogP contribution in [0.3, 0.4) is 0 Å². The molecule has 0 radical (unpaired) electrons. The highest BCUT2D eigenvalue weighted by molar-refractivity contribution is 7.09. The molecule has 5 nitrogen and oxygen atoms in total. The number of methoxy groups -OCH3 is 1. The van der Waals surface area contributed by atoms with Crippen molar-refractivity contribution in [2.75, 3.05) is 12.4 Å². The van der Waals surface area contributed by atoms with Crippen molar-refractivity contribution < 1.29 is 4.74 Å². The van der Waals surface area contributed by atoms with Gasteiger partial charge in [-0.1, -0.05) is 12.1 Å². The highest BCUT2D eigenvalue weighted by atomic mass is 32.1. The lowest BCUT2D eigenvalue weighted by Crippen LogP contribution is -2.08. The van der Waals surface area contributed by atoms with Gasteiger partial charge >= 0.3 is 0 Å². The van der Waals surface area contributed by atoms with Crippen molar-refractivity contribution in [3.8, 4) is 17.0 Å². The SMILES string of the molecule is COc1ccccc1-c1ccc(N[C@H](C)c2nc(C)cs2)nn1. The zero-order valence-electron chi connectivity index (χ0n) is 13.3. The average molecular weight is 326 g/mol. The normalized spacial score (nSPS) is 12.0. The lowest BCUT2D eigenvalue weighted by molar-refractivity contribution is 0.416. The fraction of sp³-hybridized carbons (Fsp3) is 0.235. The Labute approximate surface area is 139 Å². The highest BCUT2D eigenvalue weighted by Gasteiger charge is 2.11. The van der Waals surface area contributed by atoms with Gasteiger partial charge in [0.1, 0.15) is 16.6 Å². The Morgan fingerprint density at radius 1 is 1.13 bits per heavy atom. The molecule has 0 saturated carbocycles. The Balaban J connectivity index is 1.77. The second-order valence-corrected chi connectivity index (χ2v) is 6.09. The van der Waals surface area contributed by atoms with Gasteiger partial charge in [-0.15, -0.1) is 21.5 Å². The fourth-order valence-electron chi connectivity index (χ4n) is 2.26. The molecule has 1 atom stereocenters. The van der Waals surface area contributed by atoms with E-state index in [1.807, 2.05) is 48.7 Å². The summed E-state index contributed by atoms with van der Waals surface area (Å²) in [6.07, 6.45) is 0. The summed E-state index contributed by atoms with van der Waals surface area (Å²) in [5, 5.41) is 15.0. The molecule has 3 aromatic rings. The van der Waals surface area contributed by atoms with Gasteiger partial charge < -0.3 is 10.1 Å². The van der Waals surface area contributed by atoms with E-state index in [-0.39, 0.29) is 6.04 Å². The van der Waals surface area contributed by atoms with E-state index in [9.17, 15) is 0 Å². The molecule has 0 unspecified atom stereocenters. The Morgan fingerprint density at radius 2 is 1.96 bits per heavy atom. The van der Waals surface area contributed by atoms with E-state index >= 15 is 0 Å². The second kappa shape index (κ2) is 6.75. The Bertz CT molecular complexity index is 785. The van der Waals surface area contributed by atoms with Crippen LogP contribution in [0.5, 0.6) is 5.75 Å². The lowest BCUT2D eigenvalue weighted by Gasteiger charge is -2.12. The van der Waals surface area contributed by atoms with Crippen molar-refractivity contribution in [2.24, 2.45) is 0 Å². The van der Waals surface area contributed by atoms with E-state index < -0.39 is 0 Å². The molecule has 0 fully saturated rings.